The SMILES string of the molecule is CCn1ccnc1[C@@H](C)NS(=O)(=O)c1cc(C(=O)NC)n(C)c1. The maximum absolute atomic E-state index is 12.5. The Kier molecular flexibility index (Phi) is 4.90. The topological polar surface area (TPSA) is 98.0 Å². The lowest BCUT2D eigenvalue weighted by atomic mass is 10.3. The summed E-state index contributed by atoms with van der Waals surface area (Å²) in [6.45, 7) is 4.39. The van der Waals surface area contributed by atoms with Gasteiger partial charge < -0.3 is 14.5 Å². The number of aryl methyl sites for hydroxylation is 2. The largest absolute Gasteiger partial charge is 0.354 e. The maximum Gasteiger partial charge on any atom is 0.267 e. The molecule has 0 aliphatic heterocycles. The highest BCUT2D eigenvalue weighted by molar-refractivity contribution is 7.89. The molecule has 2 aromatic heterocycles. The summed E-state index contributed by atoms with van der Waals surface area (Å²) in [7, 11) is -0.642. The van der Waals surface area contributed by atoms with Crippen LogP contribution in [0.5, 0.6) is 0 Å². The Hall–Kier alpha value is -2.13. The van der Waals surface area contributed by atoms with Gasteiger partial charge in [0, 0.05) is 39.2 Å². The number of nitrogens with zero attached hydrogens (tertiary/aromatic N) is 3. The van der Waals surface area contributed by atoms with E-state index in [1.54, 1.807) is 26.4 Å². The fraction of sp³-hybridized carbons (Fsp3) is 0.429. The van der Waals surface area contributed by atoms with Gasteiger partial charge in [-0.15, -0.1) is 0 Å². The number of rotatable bonds is 6. The van der Waals surface area contributed by atoms with E-state index in [4.69, 9.17) is 0 Å². The van der Waals surface area contributed by atoms with E-state index in [0.717, 1.165) is 0 Å². The summed E-state index contributed by atoms with van der Waals surface area (Å²) in [5, 5.41) is 2.48. The molecule has 0 bridgehead atoms. The van der Waals surface area contributed by atoms with Crippen LogP contribution in [-0.4, -0.2) is 35.5 Å². The lowest BCUT2D eigenvalue weighted by Crippen LogP contribution is -2.28. The smallest absolute Gasteiger partial charge is 0.267 e. The molecule has 8 nitrogen and oxygen atoms in total. The van der Waals surface area contributed by atoms with Crippen LogP contribution in [0.2, 0.25) is 0 Å². The van der Waals surface area contributed by atoms with Gasteiger partial charge in [-0.1, -0.05) is 0 Å². The molecule has 2 heterocycles. The molecule has 2 aromatic rings. The number of imidazole rings is 1. The minimum atomic E-state index is -3.76. The molecule has 0 radical (unpaired) electrons. The van der Waals surface area contributed by atoms with Crippen molar-refractivity contribution in [2.45, 2.75) is 31.3 Å². The molecule has 0 saturated carbocycles. The Morgan fingerprint density at radius 1 is 1.43 bits per heavy atom. The first-order valence-corrected chi connectivity index (χ1v) is 8.70. The number of carbonyl (C=O) groups excluding carboxylic acids is 1. The van der Waals surface area contributed by atoms with E-state index in [9.17, 15) is 13.2 Å². The van der Waals surface area contributed by atoms with Crippen molar-refractivity contribution in [3.63, 3.8) is 0 Å². The molecular formula is C14H21N5O3S. The van der Waals surface area contributed by atoms with Crippen LogP contribution in [0.4, 0.5) is 0 Å². The van der Waals surface area contributed by atoms with E-state index < -0.39 is 16.1 Å². The molecule has 2 N–H and O–H groups in total. The van der Waals surface area contributed by atoms with Gasteiger partial charge in [-0.3, -0.25) is 4.79 Å². The number of aromatic nitrogens is 3. The van der Waals surface area contributed by atoms with Crippen LogP contribution in [-0.2, 0) is 23.6 Å². The third-order valence-electron chi connectivity index (χ3n) is 3.56. The van der Waals surface area contributed by atoms with E-state index in [1.165, 1.54) is 23.9 Å². The Bertz CT molecular complexity index is 806. The van der Waals surface area contributed by atoms with Gasteiger partial charge in [0.2, 0.25) is 10.0 Å². The molecule has 0 fully saturated rings. The standard InChI is InChI=1S/C14H21N5O3S/c1-5-19-7-6-16-13(19)10(2)17-23(21,22)11-8-12(14(20)15-3)18(4)9-11/h6-10,17H,5H2,1-4H3,(H,15,20)/t10-/m1/s1. The van der Waals surface area contributed by atoms with Crippen LogP contribution < -0.4 is 10.0 Å². The van der Waals surface area contributed by atoms with Crippen LogP contribution in [0.25, 0.3) is 0 Å². The lowest BCUT2D eigenvalue weighted by molar-refractivity contribution is 0.0955. The molecule has 0 aromatic carbocycles. The number of hydrogen-bond acceptors (Lipinski definition) is 4. The van der Waals surface area contributed by atoms with Gasteiger partial charge in [0.1, 0.15) is 16.4 Å². The first-order chi connectivity index (χ1) is 10.8. The molecule has 0 spiro atoms. The van der Waals surface area contributed by atoms with E-state index >= 15 is 0 Å². The molecule has 2 rings (SSSR count). The van der Waals surface area contributed by atoms with Gasteiger partial charge in [0.15, 0.2) is 0 Å². The highest BCUT2D eigenvalue weighted by atomic mass is 32.2. The monoisotopic (exact) mass is 339 g/mol. The van der Waals surface area contributed by atoms with Gasteiger partial charge in [0.25, 0.3) is 5.91 Å². The third kappa shape index (κ3) is 3.45. The van der Waals surface area contributed by atoms with Crippen LogP contribution in [0.15, 0.2) is 29.6 Å². The molecule has 23 heavy (non-hydrogen) atoms. The van der Waals surface area contributed by atoms with Crippen molar-refractivity contribution in [2.24, 2.45) is 7.05 Å². The van der Waals surface area contributed by atoms with Crippen LogP contribution >= 0.6 is 0 Å². The summed E-state index contributed by atoms with van der Waals surface area (Å²) in [6, 6.07) is 0.860. The number of hydrogen-bond donors (Lipinski definition) is 2. The number of carbonyl (C=O) groups is 1. The molecule has 0 unspecified atom stereocenters. The summed E-state index contributed by atoms with van der Waals surface area (Å²) < 4.78 is 31.0. The lowest BCUT2D eigenvalue weighted by Gasteiger charge is -2.14. The minimum absolute atomic E-state index is 0.0417. The maximum atomic E-state index is 12.5. The molecule has 1 amide bonds. The van der Waals surface area contributed by atoms with Gasteiger partial charge in [-0.05, 0) is 19.9 Å². The van der Waals surface area contributed by atoms with Crippen molar-refractivity contribution < 1.29 is 13.2 Å². The number of sulfonamides is 1. The van der Waals surface area contributed by atoms with Crippen LogP contribution in [0.1, 0.15) is 36.2 Å². The second-order valence-electron chi connectivity index (χ2n) is 5.17. The highest BCUT2D eigenvalue weighted by Crippen LogP contribution is 2.18. The zero-order valence-electron chi connectivity index (χ0n) is 13.6. The normalized spacial score (nSPS) is 13.0. The third-order valence-corrected chi connectivity index (χ3v) is 5.07. The summed E-state index contributed by atoms with van der Waals surface area (Å²) in [5.74, 6) is 0.294. The fourth-order valence-electron chi connectivity index (χ4n) is 2.36. The minimum Gasteiger partial charge on any atom is -0.354 e. The highest BCUT2D eigenvalue weighted by Gasteiger charge is 2.24. The Morgan fingerprint density at radius 3 is 2.74 bits per heavy atom. The Labute approximate surface area is 135 Å². The van der Waals surface area contributed by atoms with Gasteiger partial charge in [-0.2, -0.15) is 0 Å². The molecule has 0 aliphatic rings. The van der Waals surface area contributed by atoms with Crippen molar-refractivity contribution >= 4 is 15.9 Å². The van der Waals surface area contributed by atoms with Crippen molar-refractivity contribution in [2.75, 3.05) is 7.05 Å². The van der Waals surface area contributed by atoms with Crippen LogP contribution in [0.3, 0.4) is 0 Å². The molecular weight excluding hydrogens is 318 g/mol. The Morgan fingerprint density at radius 2 is 2.13 bits per heavy atom. The van der Waals surface area contributed by atoms with E-state index in [1.807, 2.05) is 11.5 Å². The first kappa shape index (κ1) is 17.2. The second kappa shape index (κ2) is 6.55. The van der Waals surface area contributed by atoms with Crippen molar-refractivity contribution in [1.82, 2.24) is 24.2 Å². The summed E-state index contributed by atoms with van der Waals surface area (Å²) in [5.41, 5.74) is 0.274. The van der Waals surface area contributed by atoms with Crippen LogP contribution in [0, 0.1) is 0 Å². The molecule has 126 valence electrons. The van der Waals surface area contributed by atoms with Gasteiger partial charge >= 0.3 is 0 Å². The summed E-state index contributed by atoms with van der Waals surface area (Å²) >= 11 is 0. The van der Waals surface area contributed by atoms with Gasteiger partial charge in [-0.25, -0.2) is 18.1 Å². The predicted octanol–water partition coefficient (Wildman–Crippen LogP) is 0.641. The fourth-order valence-corrected chi connectivity index (χ4v) is 3.63. The van der Waals surface area contributed by atoms with Crippen molar-refractivity contribution in [1.29, 1.82) is 0 Å². The van der Waals surface area contributed by atoms with E-state index in [2.05, 4.69) is 15.0 Å². The quantitative estimate of drug-likeness (QED) is 0.807. The first-order valence-electron chi connectivity index (χ1n) is 7.22. The predicted molar refractivity (Wildman–Crippen MR) is 85.4 cm³/mol. The van der Waals surface area contributed by atoms with Gasteiger partial charge in [0.05, 0.1) is 6.04 Å². The number of amides is 1. The summed E-state index contributed by atoms with van der Waals surface area (Å²) in [6.07, 6.45) is 4.84. The van der Waals surface area contributed by atoms with Crippen molar-refractivity contribution in [3.8, 4) is 0 Å². The zero-order valence-corrected chi connectivity index (χ0v) is 14.4. The second-order valence-corrected chi connectivity index (χ2v) is 6.88. The molecule has 1 atom stereocenters. The Balaban J connectivity index is 2.27. The van der Waals surface area contributed by atoms with Crippen molar-refractivity contribution in [3.05, 3.63) is 36.2 Å². The zero-order chi connectivity index (χ0) is 17.2. The average Bonchev–Trinajstić information content (AvgIpc) is 3.12. The summed E-state index contributed by atoms with van der Waals surface area (Å²) in [4.78, 5) is 15.9. The average molecular weight is 339 g/mol. The van der Waals surface area contributed by atoms with E-state index in [0.29, 0.717) is 12.4 Å². The molecule has 0 saturated heterocycles. The number of nitrogens with one attached hydrogen (secondary N) is 2. The van der Waals surface area contributed by atoms with E-state index in [-0.39, 0.29) is 16.5 Å². The molecule has 9 heteroatoms. The molecule has 0 aliphatic carbocycles.